The van der Waals surface area contributed by atoms with Gasteiger partial charge in [-0.1, -0.05) is 66.7 Å². The van der Waals surface area contributed by atoms with Gasteiger partial charge >= 0.3 is 0 Å². The molecule has 164 valence electrons. The molecule has 0 amide bonds. The van der Waals surface area contributed by atoms with Crippen LogP contribution in [0.3, 0.4) is 0 Å². The normalized spacial score (nSPS) is 11.7. The Morgan fingerprint density at radius 1 is 0.697 bits per heavy atom. The Morgan fingerprint density at radius 2 is 1.27 bits per heavy atom. The Hall–Kier alpha value is -4.02. The molecule has 0 radical (unpaired) electrons. The first-order chi connectivity index (χ1) is 15.9. The molecular formula is C29H25NO3. The van der Waals surface area contributed by atoms with Crippen LogP contribution in [0.4, 0.5) is 0 Å². The van der Waals surface area contributed by atoms with E-state index in [0.717, 1.165) is 38.7 Å². The topological polar surface area (TPSA) is 65.6 Å². The number of nitrogens with zero attached hydrogens (tertiary/aromatic N) is 1. The van der Waals surface area contributed by atoms with E-state index in [2.05, 4.69) is 16.8 Å². The summed E-state index contributed by atoms with van der Waals surface area (Å²) in [4.78, 5) is 0. The lowest BCUT2D eigenvalue weighted by molar-refractivity contribution is 0.126. The minimum atomic E-state index is -1.29. The first-order valence-corrected chi connectivity index (χ1v) is 10.9. The number of hydrogen-bond donors (Lipinski definition) is 3. The minimum absolute atomic E-state index is 0.0382. The molecule has 33 heavy (non-hydrogen) atoms. The number of aromatic hydroxyl groups is 2. The van der Waals surface area contributed by atoms with E-state index in [1.165, 1.54) is 6.07 Å². The van der Waals surface area contributed by atoms with Crippen LogP contribution >= 0.6 is 0 Å². The van der Waals surface area contributed by atoms with Crippen LogP contribution in [0.5, 0.6) is 11.5 Å². The summed E-state index contributed by atoms with van der Waals surface area (Å²) in [6.07, 6.45) is 2.06. The maximum atomic E-state index is 12.1. The van der Waals surface area contributed by atoms with Gasteiger partial charge in [-0.2, -0.15) is 0 Å². The van der Waals surface area contributed by atoms with E-state index < -0.39 is 5.60 Å². The van der Waals surface area contributed by atoms with Crippen LogP contribution < -0.4 is 0 Å². The van der Waals surface area contributed by atoms with E-state index in [1.54, 1.807) is 12.1 Å². The molecule has 0 aliphatic carbocycles. The molecule has 0 aliphatic rings. The molecule has 1 heterocycles. The van der Waals surface area contributed by atoms with E-state index in [0.29, 0.717) is 6.54 Å². The lowest BCUT2D eigenvalue weighted by atomic mass is 9.80. The van der Waals surface area contributed by atoms with Crippen molar-refractivity contribution in [3.8, 4) is 11.5 Å². The summed E-state index contributed by atoms with van der Waals surface area (Å²) in [5.74, 6) is 0.0764. The summed E-state index contributed by atoms with van der Waals surface area (Å²) in [5.41, 5.74) is 4.03. The fraction of sp³-hybridized carbons (Fsp3) is 0.103. The van der Waals surface area contributed by atoms with Crippen LogP contribution in [-0.2, 0) is 12.1 Å². The van der Waals surface area contributed by atoms with Gasteiger partial charge in [0, 0.05) is 29.7 Å². The van der Waals surface area contributed by atoms with Crippen molar-refractivity contribution in [3.63, 3.8) is 0 Å². The first kappa shape index (κ1) is 20.9. The highest BCUT2D eigenvalue weighted by atomic mass is 16.3. The minimum Gasteiger partial charge on any atom is -0.508 e. The van der Waals surface area contributed by atoms with Gasteiger partial charge < -0.3 is 19.9 Å². The molecule has 0 bridgehead atoms. The third kappa shape index (κ3) is 3.75. The standard InChI is InChI=1S/C29H25NO3/c1-20-18-30(19-21-14-25(31)17-26(32)15-21)28-13-12-24(16-27(20)28)29(33,22-8-4-2-5-9-22)23-10-6-3-7-11-23/h2-18,31-33H,19H2,1H3. The monoisotopic (exact) mass is 435 g/mol. The Kier molecular flexibility index (Phi) is 5.15. The Bertz CT molecular complexity index is 1360. The zero-order valence-corrected chi connectivity index (χ0v) is 18.3. The average Bonchev–Trinajstić information content (AvgIpc) is 3.13. The molecule has 0 saturated heterocycles. The van der Waals surface area contributed by atoms with Gasteiger partial charge in [0.15, 0.2) is 0 Å². The number of fused-ring (bicyclic) bond motifs is 1. The third-order valence-electron chi connectivity index (χ3n) is 6.20. The van der Waals surface area contributed by atoms with Crippen LogP contribution in [0, 0.1) is 6.92 Å². The van der Waals surface area contributed by atoms with Crippen LogP contribution in [0.2, 0.25) is 0 Å². The second kappa shape index (κ2) is 8.15. The van der Waals surface area contributed by atoms with Gasteiger partial charge in [0.1, 0.15) is 17.1 Å². The number of hydrogen-bond acceptors (Lipinski definition) is 3. The number of aromatic nitrogens is 1. The van der Waals surface area contributed by atoms with E-state index in [-0.39, 0.29) is 11.5 Å². The highest BCUT2D eigenvalue weighted by molar-refractivity contribution is 5.85. The number of benzene rings is 4. The van der Waals surface area contributed by atoms with Crippen molar-refractivity contribution in [2.24, 2.45) is 0 Å². The summed E-state index contributed by atoms with van der Waals surface area (Å²) >= 11 is 0. The summed E-state index contributed by atoms with van der Waals surface area (Å²) in [6.45, 7) is 2.56. The predicted octanol–water partition coefficient (Wildman–Crippen LogP) is 5.69. The van der Waals surface area contributed by atoms with Crippen molar-refractivity contribution in [1.29, 1.82) is 0 Å². The fourth-order valence-electron chi connectivity index (χ4n) is 4.63. The quantitative estimate of drug-likeness (QED) is 0.311. The van der Waals surface area contributed by atoms with Crippen molar-refractivity contribution in [2.75, 3.05) is 0 Å². The Balaban J connectivity index is 1.63. The summed E-state index contributed by atoms with van der Waals surface area (Å²) < 4.78 is 2.09. The van der Waals surface area contributed by atoms with Crippen molar-refractivity contribution in [1.82, 2.24) is 4.57 Å². The van der Waals surface area contributed by atoms with E-state index >= 15 is 0 Å². The highest BCUT2D eigenvalue weighted by Gasteiger charge is 2.34. The number of aliphatic hydroxyl groups is 1. The molecule has 4 heteroatoms. The van der Waals surface area contributed by atoms with Crippen LogP contribution in [0.25, 0.3) is 10.9 Å². The van der Waals surface area contributed by atoms with Gasteiger partial charge in [-0.15, -0.1) is 0 Å². The van der Waals surface area contributed by atoms with Gasteiger partial charge in [0.05, 0.1) is 0 Å². The molecule has 3 N–H and O–H groups in total. The molecule has 5 aromatic rings. The lowest BCUT2D eigenvalue weighted by Gasteiger charge is -2.30. The van der Waals surface area contributed by atoms with E-state index in [1.807, 2.05) is 79.7 Å². The van der Waals surface area contributed by atoms with Crippen LogP contribution in [0.1, 0.15) is 27.8 Å². The molecule has 4 nitrogen and oxygen atoms in total. The molecule has 5 rings (SSSR count). The van der Waals surface area contributed by atoms with Crippen molar-refractivity contribution in [3.05, 3.63) is 131 Å². The molecule has 0 spiro atoms. The number of rotatable bonds is 5. The number of phenols is 2. The molecule has 4 aromatic carbocycles. The maximum Gasteiger partial charge on any atom is 0.140 e. The van der Waals surface area contributed by atoms with Gasteiger partial charge in [-0.05, 0) is 59.0 Å². The molecule has 1 aromatic heterocycles. The second-order valence-electron chi connectivity index (χ2n) is 8.47. The van der Waals surface area contributed by atoms with Crippen molar-refractivity contribution in [2.45, 2.75) is 19.1 Å². The van der Waals surface area contributed by atoms with Gasteiger partial charge in [0.2, 0.25) is 0 Å². The van der Waals surface area contributed by atoms with Gasteiger partial charge in [-0.25, -0.2) is 0 Å². The fourth-order valence-corrected chi connectivity index (χ4v) is 4.63. The summed E-state index contributed by atoms with van der Waals surface area (Å²) in [6, 6.07) is 30.1. The SMILES string of the molecule is Cc1cn(Cc2cc(O)cc(O)c2)c2ccc(C(O)(c3ccccc3)c3ccccc3)cc12. The predicted molar refractivity (Wildman–Crippen MR) is 131 cm³/mol. The maximum absolute atomic E-state index is 12.1. The molecular weight excluding hydrogens is 410 g/mol. The first-order valence-electron chi connectivity index (χ1n) is 10.9. The number of phenolic OH excluding ortho intramolecular Hbond substituents is 2. The summed E-state index contributed by atoms with van der Waals surface area (Å²) in [5, 5.41) is 32.8. The molecule has 0 aliphatic heterocycles. The zero-order chi connectivity index (χ0) is 23.0. The van der Waals surface area contributed by atoms with Gasteiger partial charge in [0.25, 0.3) is 0 Å². The van der Waals surface area contributed by atoms with E-state index in [4.69, 9.17) is 0 Å². The molecule has 0 fully saturated rings. The van der Waals surface area contributed by atoms with E-state index in [9.17, 15) is 15.3 Å². The van der Waals surface area contributed by atoms with Crippen molar-refractivity contribution < 1.29 is 15.3 Å². The number of aryl methyl sites for hydroxylation is 1. The smallest absolute Gasteiger partial charge is 0.140 e. The van der Waals surface area contributed by atoms with Gasteiger partial charge in [-0.3, -0.25) is 0 Å². The van der Waals surface area contributed by atoms with Crippen LogP contribution in [-0.4, -0.2) is 19.9 Å². The van der Waals surface area contributed by atoms with Crippen molar-refractivity contribution >= 4 is 10.9 Å². The second-order valence-corrected chi connectivity index (χ2v) is 8.47. The Labute approximate surface area is 192 Å². The van der Waals surface area contributed by atoms with Crippen LogP contribution in [0.15, 0.2) is 103 Å². The Morgan fingerprint density at radius 3 is 1.85 bits per heavy atom. The molecule has 0 atom stereocenters. The molecule has 0 unspecified atom stereocenters. The highest BCUT2D eigenvalue weighted by Crippen LogP contribution is 2.38. The third-order valence-corrected chi connectivity index (χ3v) is 6.20. The average molecular weight is 436 g/mol. The molecule has 0 saturated carbocycles. The lowest BCUT2D eigenvalue weighted by Crippen LogP contribution is -2.28. The zero-order valence-electron chi connectivity index (χ0n) is 18.3. The largest absolute Gasteiger partial charge is 0.508 e. The summed E-state index contributed by atoms with van der Waals surface area (Å²) in [7, 11) is 0.